The highest BCUT2D eigenvalue weighted by Gasteiger charge is 2.55. The van der Waals surface area contributed by atoms with Gasteiger partial charge in [-0.05, 0) is 18.8 Å². The molecular formula is C9H8O3. The molecule has 3 aliphatic rings. The summed E-state index contributed by atoms with van der Waals surface area (Å²) >= 11 is 0. The van der Waals surface area contributed by atoms with E-state index in [1.54, 1.807) is 0 Å². The molecular weight excluding hydrogens is 156 g/mol. The molecule has 1 heterocycles. The number of rotatable bonds is 0. The van der Waals surface area contributed by atoms with Crippen molar-refractivity contribution in [3.63, 3.8) is 0 Å². The van der Waals surface area contributed by atoms with Crippen LogP contribution in [0.5, 0.6) is 0 Å². The summed E-state index contributed by atoms with van der Waals surface area (Å²) in [5, 5.41) is 0. The standard InChI is InChI=1S/C9H8O3/c10-8-6-4-1-2-5(3-4)7(6)9(11)12-8/h3-4,6-7H,1-2H2. The summed E-state index contributed by atoms with van der Waals surface area (Å²) in [6.45, 7) is 0. The van der Waals surface area contributed by atoms with Gasteiger partial charge in [0.15, 0.2) is 0 Å². The van der Waals surface area contributed by atoms with Crippen molar-refractivity contribution in [2.24, 2.45) is 17.8 Å². The first-order valence-corrected chi connectivity index (χ1v) is 4.23. The molecule has 0 spiro atoms. The molecule has 3 atom stereocenters. The van der Waals surface area contributed by atoms with Gasteiger partial charge >= 0.3 is 11.9 Å². The summed E-state index contributed by atoms with van der Waals surface area (Å²) in [5.41, 5.74) is 1.14. The van der Waals surface area contributed by atoms with Crippen molar-refractivity contribution in [1.82, 2.24) is 0 Å². The largest absolute Gasteiger partial charge is 0.392 e. The fourth-order valence-corrected chi connectivity index (χ4v) is 2.63. The zero-order chi connectivity index (χ0) is 8.29. The maximum Gasteiger partial charge on any atom is 0.321 e. The fraction of sp³-hybridized carbons (Fsp3) is 0.556. The lowest BCUT2D eigenvalue weighted by molar-refractivity contribution is -0.153. The van der Waals surface area contributed by atoms with Crippen LogP contribution in [-0.4, -0.2) is 11.9 Å². The molecule has 0 aromatic carbocycles. The van der Waals surface area contributed by atoms with E-state index in [4.69, 9.17) is 0 Å². The lowest BCUT2D eigenvalue weighted by Gasteiger charge is -2.17. The van der Waals surface area contributed by atoms with Gasteiger partial charge in [0.25, 0.3) is 0 Å². The average Bonchev–Trinajstić information content (AvgIpc) is 2.64. The van der Waals surface area contributed by atoms with Gasteiger partial charge in [-0.15, -0.1) is 0 Å². The number of esters is 2. The molecule has 0 N–H and O–H groups in total. The van der Waals surface area contributed by atoms with Gasteiger partial charge in [-0.3, -0.25) is 9.59 Å². The number of allylic oxidation sites excluding steroid dienone is 1. The summed E-state index contributed by atoms with van der Waals surface area (Å²) in [4.78, 5) is 22.4. The molecule has 2 bridgehead atoms. The third-order valence-electron chi connectivity index (χ3n) is 3.14. The maximum absolute atomic E-state index is 11.2. The molecule has 0 radical (unpaired) electrons. The SMILES string of the molecule is O=C1OC(=O)C2C3C=C(CC3)C12. The van der Waals surface area contributed by atoms with Crippen LogP contribution >= 0.6 is 0 Å². The van der Waals surface area contributed by atoms with E-state index in [0.29, 0.717) is 5.92 Å². The van der Waals surface area contributed by atoms with Crippen molar-refractivity contribution in [2.75, 3.05) is 0 Å². The second-order valence-corrected chi connectivity index (χ2v) is 3.69. The Morgan fingerprint density at radius 1 is 1.33 bits per heavy atom. The molecule has 0 amide bonds. The molecule has 3 heteroatoms. The Labute approximate surface area is 69.4 Å². The summed E-state index contributed by atoms with van der Waals surface area (Å²) in [7, 11) is 0. The van der Waals surface area contributed by atoms with E-state index in [-0.39, 0.29) is 23.8 Å². The zero-order valence-electron chi connectivity index (χ0n) is 6.45. The Bertz CT molecular complexity index is 316. The van der Waals surface area contributed by atoms with E-state index in [9.17, 15) is 9.59 Å². The summed E-state index contributed by atoms with van der Waals surface area (Å²) in [5.74, 6) is -0.680. The van der Waals surface area contributed by atoms with Gasteiger partial charge in [-0.1, -0.05) is 11.6 Å². The Morgan fingerprint density at radius 2 is 2.17 bits per heavy atom. The Hall–Kier alpha value is -1.12. The number of hydrogen-bond donors (Lipinski definition) is 0. The van der Waals surface area contributed by atoms with Gasteiger partial charge in [-0.2, -0.15) is 0 Å². The van der Waals surface area contributed by atoms with Gasteiger partial charge in [0, 0.05) is 0 Å². The van der Waals surface area contributed by atoms with Crippen LogP contribution in [0.4, 0.5) is 0 Å². The van der Waals surface area contributed by atoms with Gasteiger partial charge in [0.2, 0.25) is 0 Å². The number of fused-ring (bicyclic) bond motifs is 4. The summed E-state index contributed by atoms with van der Waals surface area (Å²) < 4.78 is 4.59. The molecule has 0 aromatic heterocycles. The Balaban J connectivity index is 2.07. The van der Waals surface area contributed by atoms with Crippen LogP contribution < -0.4 is 0 Å². The normalized spacial score (nSPS) is 43.0. The molecule has 1 saturated heterocycles. The van der Waals surface area contributed by atoms with Crippen LogP contribution in [0.2, 0.25) is 0 Å². The Morgan fingerprint density at radius 3 is 2.92 bits per heavy atom. The minimum absolute atomic E-state index is 0.152. The highest BCUT2D eigenvalue weighted by Crippen LogP contribution is 2.50. The quantitative estimate of drug-likeness (QED) is 0.300. The topological polar surface area (TPSA) is 43.4 Å². The first-order chi connectivity index (χ1) is 5.77. The predicted molar refractivity (Wildman–Crippen MR) is 38.9 cm³/mol. The van der Waals surface area contributed by atoms with Crippen LogP contribution in [0.15, 0.2) is 11.6 Å². The third kappa shape index (κ3) is 0.543. The highest BCUT2D eigenvalue weighted by atomic mass is 16.6. The lowest BCUT2D eigenvalue weighted by Crippen LogP contribution is -2.23. The van der Waals surface area contributed by atoms with Crippen LogP contribution in [0, 0.1) is 17.8 Å². The minimum atomic E-state index is -0.321. The molecule has 1 aliphatic heterocycles. The minimum Gasteiger partial charge on any atom is -0.392 e. The van der Waals surface area contributed by atoms with Crippen LogP contribution in [0.25, 0.3) is 0 Å². The molecule has 62 valence electrons. The van der Waals surface area contributed by atoms with Crippen LogP contribution in [0.3, 0.4) is 0 Å². The second-order valence-electron chi connectivity index (χ2n) is 3.69. The Kier molecular flexibility index (Phi) is 0.953. The van der Waals surface area contributed by atoms with E-state index in [0.717, 1.165) is 18.4 Å². The van der Waals surface area contributed by atoms with Crippen molar-refractivity contribution in [2.45, 2.75) is 12.8 Å². The van der Waals surface area contributed by atoms with Crippen molar-refractivity contribution >= 4 is 11.9 Å². The molecule has 3 nitrogen and oxygen atoms in total. The van der Waals surface area contributed by atoms with Crippen molar-refractivity contribution in [3.05, 3.63) is 11.6 Å². The fourth-order valence-electron chi connectivity index (χ4n) is 2.63. The highest BCUT2D eigenvalue weighted by molar-refractivity contribution is 5.99. The molecule has 12 heavy (non-hydrogen) atoms. The number of ether oxygens (including phenoxy) is 1. The van der Waals surface area contributed by atoms with Gasteiger partial charge in [0.1, 0.15) is 0 Å². The van der Waals surface area contributed by atoms with E-state index in [2.05, 4.69) is 10.8 Å². The first-order valence-electron chi connectivity index (χ1n) is 4.23. The van der Waals surface area contributed by atoms with E-state index in [1.165, 1.54) is 0 Å². The van der Waals surface area contributed by atoms with Gasteiger partial charge < -0.3 is 4.74 Å². The molecule has 3 rings (SSSR count). The summed E-state index contributed by atoms with van der Waals surface area (Å²) in [6.07, 6.45) is 4.10. The smallest absolute Gasteiger partial charge is 0.321 e. The third-order valence-corrected chi connectivity index (χ3v) is 3.14. The lowest BCUT2D eigenvalue weighted by atomic mass is 9.80. The van der Waals surface area contributed by atoms with Crippen molar-refractivity contribution in [3.8, 4) is 0 Å². The molecule has 0 aromatic rings. The molecule has 0 saturated carbocycles. The van der Waals surface area contributed by atoms with Crippen molar-refractivity contribution in [1.29, 1.82) is 0 Å². The number of carbonyl (C=O) groups is 2. The average molecular weight is 164 g/mol. The van der Waals surface area contributed by atoms with Crippen LogP contribution in [-0.2, 0) is 14.3 Å². The maximum atomic E-state index is 11.2. The molecule has 3 unspecified atom stereocenters. The van der Waals surface area contributed by atoms with E-state index < -0.39 is 0 Å². The van der Waals surface area contributed by atoms with E-state index >= 15 is 0 Å². The predicted octanol–water partition coefficient (Wildman–Crippen LogP) is 0.652. The second kappa shape index (κ2) is 1.79. The molecule has 2 aliphatic carbocycles. The first kappa shape index (κ1) is 6.40. The van der Waals surface area contributed by atoms with Crippen LogP contribution in [0.1, 0.15) is 12.8 Å². The number of carbonyl (C=O) groups excluding carboxylic acids is 2. The zero-order valence-corrected chi connectivity index (χ0v) is 6.45. The van der Waals surface area contributed by atoms with Crippen molar-refractivity contribution < 1.29 is 14.3 Å². The van der Waals surface area contributed by atoms with Gasteiger partial charge in [0.05, 0.1) is 11.8 Å². The molecule has 1 fully saturated rings. The number of hydrogen-bond acceptors (Lipinski definition) is 3. The monoisotopic (exact) mass is 164 g/mol. The number of cyclic esters (lactones) is 2. The van der Waals surface area contributed by atoms with E-state index in [1.807, 2.05) is 0 Å². The summed E-state index contributed by atoms with van der Waals surface area (Å²) in [6, 6.07) is 0. The van der Waals surface area contributed by atoms with Gasteiger partial charge in [-0.25, -0.2) is 0 Å².